The highest BCUT2D eigenvalue weighted by atomic mass is 16.2. The topological polar surface area (TPSA) is 89.5 Å². The molecule has 0 radical (unpaired) electrons. The lowest BCUT2D eigenvalue weighted by molar-refractivity contribution is 0.702. The zero-order valence-corrected chi connectivity index (χ0v) is 18.5. The SMILES string of the molecule is CN(C)c1ccc(/C=N/Nc2nc3c(c(=O)n(C)c(=O)n3C)n2Cc2ccccc2)cc1. The molecule has 0 fully saturated rings. The zero-order chi connectivity index (χ0) is 22.8. The Morgan fingerprint density at radius 3 is 2.34 bits per heavy atom. The molecule has 0 atom stereocenters. The number of fused-ring (bicyclic) bond motifs is 1. The minimum Gasteiger partial charge on any atom is -0.378 e. The van der Waals surface area contributed by atoms with E-state index in [2.05, 4.69) is 15.5 Å². The first-order valence-corrected chi connectivity index (χ1v) is 10.1. The van der Waals surface area contributed by atoms with Crippen LogP contribution in [0.3, 0.4) is 0 Å². The number of imidazole rings is 1. The second-order valence-electron chi connectivity index (χ2n) is 7.74. The molecule has 9 heteroatoms. The van der Waals surface area contributed by atoms with Crippen LogP contribution in [0, 0.1) is 0 Å². The van der Waals surface area contributed by atoms with E-state index >= 15 is 0 Å². The van der Waals surface area contributed by atoms with E-state index in [-0.39, 0.29) is 0 Å². The first-order valence-electron chi connectivity index (χ1n) is 10.1. The van der Waals surface area contributed by atoms with Gasteiger partial charge in [0, 0.05) is 33.9 Å². The van der Waals surface area contributed by atoms with Crippen LogP contribution in [0.25, 0.3) is 11.2 Å². The summed E-state index contributed by atoms with van der Waals surface area (Å²) in [7, 11) is 7.04. The van der Waals surface area contributed by atoms with E-state index in [0.717, 1.165) is 21.4 Å². The second-order valence-corrected chi connectivity index (χ2v) is 7.74. The maximum Gasteiger partial charge on any atom is 0.332 e. The molecular weight excluding hydrogens is 406 g/mol. The van der Waals surface area contributed by atoms with Crippen LogP contribution in [-0.4, -0.2) is 39.0 Å². The lowest BCUT2D eigenvalue weighted by atomic mass is 10.2. The monoisotopic (exact) mass is 431 g/mol. The first-order chi connectivity index (χ1) is 15.4. The number of hydrogen-bond acceptors (Lipinski definition) is 6. The van der Waals surface area contributed by atoms with Crippen LogP contribution in [0.15, 0.2) is 69.3 Å². The van der Waals surface area contributed by atoms with Gasteiger partial charge in [-0.25, -0.2) is 10.2 Å². The third-order valence-electron chi connectivity index (χ3n) is 5.32. The van der Waals surface area contributed by atoms with Crippen LogP contribution in [0.2, 0.25) is 0 Å². The summed E-state index contributed by atoms with van der Waals surface area (Å²) < 4.78 is 4.21. The van der Waals surface area contributed by atoms with Crippen molar-refractivity contribution in [2.75, 3.05) is 24.4 Å². The molecule has 1 N–H and O–H groups in total. The van der Waals surface area contributed by atoms with Crippen molar-refractivity contribution in [3.8, 4) is 0 Å². The van der Waals surface area contributed by atoms with Crippen molar-refractivity contribution in [2.45, 2.75) is 6.54 Å². The van der Waals surface area contributed by atoms with Crippen LogP contribution in [0.1, 0.15) is 11.1 Å². The van der Waals surface area contributed by atoms with Gasteiger partial charge in [-0.2, -0.15) is 10.1 Å². The van der Waals surface area contributed by atoms with E-state index in [1.54, 1.807) is 17.8 Å². The van der Waals surface area contributed by atoms with E-state index in [4.69, 9.17) is 0 Å². The Kier molecular flexibility index (Phi) is 5.63. The maximum absolute atomic E-state index is 12.9. The molecule has 9 nitrogen and oxygen atoms in total. The van der Waals surface area contributed by atoms with Crippen LogP contribution in [0.4, 0.5) is 11.6 Å². The minimum absolute atomic E-state index is 0.307. The van der Waals surface area contributed by atoms with Crippen molar-refractivity contribution >= 4 is 29.0 Å². The molecule has 0 aliphatic heterocycles. The van der Waals surface area contributed by atoms with Gasteiger partial charge in [0.15, 0.2) is 11.2 Å². The highest BCUT2D eigenvalue weighted by Crippen LogP contribution is 2.18. The number of hydrazone groups is 1. The van der Waals surface area contributed by atoms with Crippen molar-refractivity contribution in [1.82, 2.24) is 18.7 Å². The summed E-state index contributed by atoms with van der Waals surface area (Å²) in [6.45, 7) is 0.403. The molecule has 0 saturated heterocycles. The average Bonchev–Trinajstić information content (AvgIpc) is 3.15. The fraction of sp³-hybridized carbons (Fsp3) is 0.217. The van der Waals surface area contributed by atoms with Crippen molar-refractivity contribution in [3.63, 3.8) is 0 Å². The van der Waals surface area contributed by atoms with Crippen LogP contribution in [0.5, 0.6) is 0 Å². The first kappa shape index (κ1) is 21.1. The van der Waals surface area contributed by atoms with Crippen molar-refractivity contribution in [2.24, 2.45) is 19.2 Å². The smallest absolute Gasteiger partial charge is 0.332 e. The van der Waals surface area contributed by atoms with Crippen LogP contribution < -0.4 is 21.6 Å². The second kappa shape index (κ2) is 8.54. The third kappa shape index (κ3) is 3.92. The number of nitrogens with one attached hydrogen (secondary N) is 1. The predicted octanol–water partition coefficient (Wildman–Crippen LogP) is 1.99. The van der Waals surface area contributed by atoms with Gasteiger partial charge in [-0.1, -0.05) is 42.5 Å². The van der Waals surface area contributed by atoms with E-state index < -0.39 is 11.2 Å². The number of aromatic nitrogens is 4. The van der Waals surface area contributed by atoms with Gasteiger partial charge in [0.05, 0.1) is 12.8 Å². The number of nitrogens with zero attached hydrogens (tertiary/aromatic N) is 6. The Balaban J connectivity index is 1.75. The number of anilines is 2. The van der Waals surface area contributed by atoms with Gasteiger partial charge in [0.1, 0.15) is 0 Å². The largest absolute Gasteiger partial charge is 0.378 e. The molecule has 2 heterocycles. The Bertz CT molecular complexity index is 1400. The molecular formula is C23H25N7O2. The Morgan fingerprint density at radius 2 is 1.69 bits per heavy atom. The fourth-order valence-corrected chi connectivity index (χ4v) is 3.47. The predicted molar refractivity (Wildman–Crippen MR) is 128 cm³/mol. The lowest BCUT2D eigenvalue weighted by Crippen LogP contribution is -2.37. The normalized spacial score (nSPS) is 11.4. The standard InChI is InChI=1S/C23H25N7O2/c1-27(2)18-12-10-16(11-13-18)14-24-26-22-25-20-19(21(31)29(4)23(32)28(20)3)30(22)15-17-8-6-5-7-9-17/h5-14H,15H2,1-4H3,(H,25,26)/b24-14+. The molecule has 0 amide bonds. The number of rotatable bonds is 6. The van der Waals surface area contributed by atoms with E-state index in [9.17, 15) is 9.59 Å². The molecule has 0 spiro atoms. The molecule has 2 aromatic carbocycles. The molecule has 0 aliphatic carbocycles. The summed E-state index contributed by atoms with van der Waals surface area (Å²) in [5.41, 5.74) is 5.77. The summed E-state index contributed by atoms with van der Waals surface area (Å²) in [4.78, 5) is 31.9. The van der Waals surface area contributed by atoms with Crippen LogP contribution >= 0.6 is 0 Å². The maximum atomic E-state index is 12.9. The molecule has 2 aromatic heterocycles. The van der Waals surface area contributed by atoms with Gasteiger partial charge in [-0.3, -0.25) is 18.5 Å². The Hall–Kier alpha value is -4.14. The third-order valence-corrected chi connectivity index (χ3v) is 5.32. The number of aryl methyl sites for hydroxylation is 1. The van der Waals surface area contributed by atoms with E-state index in [1.165, 1.54) is 11.6 Å². The molecule has 0 bridgehead atoms. The van der Waals surface area contributed by atoms with Gasteiger partial charge in [0.2, 0.25) is 5.95 Å². The molecule has 164 valence electrons. The van der Waals surface area contributed by atoms with Gasteiger partial charge < -0.3 is 4.90 Å². The molecule has 0 unspecified atom stereocenters. The van der Waals surface area contributed by atoms with Crippen molar-refractivity contribution < 1.29 is 0 Å². The van der Waals surface area contributed by atoms with Crippen molar-refractivity contribution in [3.05, 3.63) is 86.6 Å². The Morgan fingerprint density at radius 1 is 1.00 bits per heavy atom. The van der Waals surface area contributed by atoms with Gasteiger partial charge in [0.25, 0.3) is 5.56 Å². The average molecular weight is 432 g/mol. The Labute approximate surface area is 184 Å². The highest BCUT2D eigenvalue weighted by molar-refractivity contribution is 5.81. The summed E-state index contributed by atoms with van der Waals surface area (Å²) in [5.74, 6) is 0.378. The zero-order valence-electron chi connectivity index (χ0n) is 18.5. The molecule has 0 aliphatic rings. The summed E-state index contributed by atoms with van der Waals surface area (Å²) in [5, 5.41) is 4.32. The lowest BCUT2D eigenvalue weighted by Gasteiger charge is -2.11. The van der Waals surface area contributed by atoms with E-state index in [0.29, 0.717) is 23.7 Å². The minimum atomic E-state index is -0.428. The van der Waals surface area contributed by atoms with Crippen LogP contribution in [-0.2, 0) is 20.6 Å². The van der Waals surface area contributed by atoms with E-state index in [1.807, 2.05) is 73.6 Å². The van der Waals surface area contributed by atoms with Crippen molar-refractivity contribution in [1.29, 1.82) is 0 Å². The number of benzene rings is 2. The molecule has 4 rings (SSSR count). The fourth-order valence-electron chi connectivity index (χ4n) is 3.47. The van der Waals surface area contributed by atoms with Gasteiger partial charge in [-0.05, 0) is 23.3 Å². The summed E-state index contributed by atoms with van der Waals surface area (Å²) in [6.07, 6.45) is 1.68. The molecule has 4 aromatic rings. The molecule has 0 saturated carbocycles. The summed E-state index contributed by atoms with van der Waals surface area (Å²) in [6, 6.07) is 17.7. The molecule has 32 heavy (non-hydrogen) atoms. The summed E-state index contributed by atoms with van der Waals surface area (Å²) >= 11 is 0. The van der Waals surface area contributed by atoms with Gasteiger partial charge >= 0.3 is 5.69 Å². The highest BCUT2D eigenvalue weighted by Gasteiger charge is 2.19. The van der Waals surface area contributed by atoms with Gasteiger partial charge in [-0.15, -0.1) is 0 Å². The quantitative estimate of drug-likeness (QED) is 0.373. The number of hydrogen-bond donors (Lipinski definition) is 1.